The highest BCUT2D eigenvalue weighted by molar-refractivity contribution is 5.93. The third kappa shape index (κ3) is 7.98. The molecule has 0 unspecified atom stereocenters. The first-order valence-corrected chi connectivity index (χ1v) is 15.5. The normalized spacial score (nSPS) is 24.2. The topological polar surface area (TPSA) is 118 Å². The van der Waals surface area contributed by atoms with E-state index in [-0.39, 0.29) is 36.2 Å². The molecule has 2 aromatic rings. The number of rotatable bonds is 7. The summed E-state index contributed by atoms with van der Waals surface area (Å²) in [6, 6.07) is 14.3. The van der Waals surface area contributed by atoms with Crippen LogP contribution < -0.4 is 25.4 Å². The number of methoxy groups -OCH3 is 2. The number of hydrogen-bond donors (Lipinski definition) is 3. The number of nitrogens with one attached hydrogen (secondary N) is 3. The Morgan fingerprint density at radius 2 is 1.75 bits per heavy atom. The first kappa shape index (κ1) is 31.5. The van der Waals surface area contributed by atoms with Crippen LogP contribution in [0.15, 0.2) is 60.7 Å². The third-order valence-electron chi connectivity index (χ3n) is 9.10. The number of nitrogens with zero attached hydrogens (tertiary/aromatic N) is 1. The fraction of sp³-hybridized carbons (Fsp3) is 0.500. The zero-order chi connectivity index (χ0) is 30.9. The lowest BCUT2D eigenvalue weighted by Crippen LogP contribution is -2.58. The molecule has 5 rings (SSSR count). The highest BCUT2D eigenvalue weighted by Crippen LogP contribution is 2.36. The van der Waals surface area contributed by atoms with Crippen molar-refractivity contribution in [1.29, 1.82) is 0 Å². The molecule has 10 heteroatoms. The zero-order valence-corrected chi connectivity index (χ0v) is 25.7. The standard InChI is InChI=1S/C34H44N4O6/c1-42-27-19-26(20-28(21-27)43-2)35-31(39)23-38-15-11-29-25(22-38)10-6-7-12-34(13-16-44-17-14-34)33(41)37-30(32(40)36-29)18-24-8-4-3-5-9-24/h3-9,19-21,25,29-30H,10-18,22-23H2,1-2H3,(H,35,39)(H,36,40)(H,37,41)/t25-,29+,30-/m1/s1. The average Bonchev–Trinajstić information content (AvgIpc) is 3.04. The van der Waals surface area contributed by atoms with Gasteiger partial charge in [-0.25, -0.2) is 0 Å². The minimum Gasteiger partial charge on any atom is -0.497 e. The fourth-order valence-electron chi connectivity index (χ4n) is 6.48. The molecule has 1 spiro atoms. The number of hydrogen-bond acceptors (Lipinski definition) is 7. The summed E-state index contributed by atoms with van der Waals surface area (Å²) in [4.78, 5) is 42.7. The maximum absolute atomic E-state index is 13.8. The van der Waals surface area contributed by atoms with Gasteiger partial charge >= 0.3 is 0 Å². The van der Waals surface area contributed by atoms with Gasteiger partial charge in [0.1, 0.15) is 17.5 Å². The second kappa shape index (κ2) is 14.7. The van der Waals surface area contributed by atoms with Crippen molar-refractivity contribution in [3.8, 4) is 11.5 Å². The van der Waals surface area contributed by atoms with Crippen molar-refractivity contribution in [1.82, 2.24) is 15.5 Å². The Kier molecular flexibility index (Phi) is 10.6. The van der Waals surface area contributed by atoms with E-state index in [2.05, 4.69) is 33.0 Å². The minimum atomic E-state index is -0.683. The van der Waals surface area contributed by atoms with Gasteiger partial charge in [0.25, 0.3) is 0 Å². The first-order valence-electron chi connectivity index (χ1n) is 15.5. The molecule has 0 bridgehead atoms. The number of benzene rings is 2. The van der Waals surface area contributed by atoms with Gasteiger partial charge in [0.2, 0.25) is 17.7 Å². The maximum atomic E-state index is 13.8. The molecule has 10 nitrogen and oxygen atoms in total. The van der Waals surface area contributed by atoms with Crippen molar-refractivity contribution in [3.63, 3.8) is 0 Å². The Morgan fingerprint density at radius 1 is 1.02 bits per heavy atom. The predicted molar refractivity (Wildman–Crippen MR) is 168 cm³/mol. The highest BCUT2D eigenvalue weighted by Gasteiger charge is 2.41. The van der Waals surface area contributed by atoms with Crippen LogP contribution in [0.5, 0.6) is 11.5 Å². The Labute approximate surface area is 259 Å². The summed E-state index contributed by atoms with van der Waals surface area (Å²) in [6.45, 7) is 2.62. The molecular formula is C34H44N4O6. The molecule has 3 aliphatic heterocycles. The SMILES string of the molecule is COc1cc(NC(=O)CN2CC[C@@H]3NC(=O)[C@@H](Cc4ccccc4)NC(=O)C4(CC=CC[C@@H]3C2)CCOCC4)cc(OC)c1. The van der Waals surface area contributed by atoms with Gasteiger partial charge < -0.3 is 30.2 Å². The molecule has 2 aromatic carbocycles. The molecule has 236 valence electrons. The van der Waals surface area contributed by atoms with Gasteiger partial charge in [0.15, 0.2) is 0 Å². The molecule has 0 aromatic heterocycles. The van der Waals surface area contributed by atoms with E-state index in [9.17, 15) is 14.4 Å². The van der Waals surface area contributed by atoms with Gasteiger partial charge in [-0.3, -0.25) is 19.3 Å². The quantitative estimate of drug-likeness (QED) is 0.415. The van der Waals surface area contributed by atoms with Gasteiger partial charge in [-0.05, 0) is 43.6 Å². The zero-order valence-electron chi connectivity index (χ0n) is 25.7. The van der Waals surface area contributed by atoms with Gasteiger partial charge in [-0.15, -0.1) is 0 Å². The maximum Gasteiger partial charge on any atom is 0.243 e. The summed E-state index contributed by atoms with van der Waals surface area (Å²) in [6.07, 6.45) is 7.98. The Balaban J connectivity index is 1.30. The van der Waals surface area contributed by atoms with E-state index in [1.165, 1.54) is 0 Å². The number of carbonyl (C=O) groups excluding carboxylic acids is 3. The summed E-state index contributed by atoms with van der Waals surface area (Å²) >= 11 is 0. The van der Waals surface area contributed by atoms with E-state index in [4.69, 9.17) is 14.2 Å². The third-order valence-corrected chi connectivity index (χ3v) is 9.10. The number of amides is 3. The summed E-state index contributed by atoms with van der Waals surface area (Å²) in [5.74, 6) is 0.946. The molecule has 2 fully saturated rings. The highest BCUT2D eigenvalue weighted by atomic mass is 16.5. The van der Waals surface area contributed by atoms with E-state index in [0.717, 1.165) is 12.0 Å². The van der Waals surface area contributed by atoms with Crippen LogP contribution in [0, 0.1) is 11.3 Å². The second-order valence-electron chi connectivity index (χ2n) is 12.1. The molecule has 0 radical (unpaired) electrons. The summed E-state index contributed by atoms with van der Waals surface area (Å²) in [7, 11) is 3.14. The van der Waals surface area contributed by atoms with Crippen LogP contribution in [0.25, 0.3) is 0 Å². The summed E-state index contributed by atoms with van der Waals surface area (Å²) < 4.78 is 16.3. The van der Waals surface area contributed by atoms with E-state index in [1.54, 1.807) is 32.4 Å². The van der Waals surface area contributed by atoms with Crippen LogP contribution in [-0.2, 0) is 25.5 Å². The average molecular weight is 605 g/mol. The predicted octanol–water partition coefficient (Wildman–Crippen LogP) is 3.32. The van der Waals surface area contributed by atoms with Crippen molar-refractivity contribution < 1.29 is 28.6 Å². The van der Waals surface area contributed by atoms with E-state index >= 15 is 0 Å². The largest absolute Gasteiger partial charge is 0.497 e. The lowest BCUT2D eigenvalue weighted by atomic mass is 9.75. The monoisotopic (exact) mass is 604 g/mol. The van der Waals surface area contributed by atoms with E-state index in [0.29, 0.717) is 75.6 Å². The van der Waals surface area contributed by atoms with Crippen LogP contribution in [0.3, 0.4) is 0 Å². The molecule has 44 heavy (non-hydrogen) atoms. The number of ether oxygens (including phenoxy) is 3. The van der Waals surface area contributed by atoms with Gasteiger partial charge in [0.05, 0.1) is 26.2 Å². The van der Waals surface area contributed by atoms with Gasteiger partial charge in [-0.1, -0.05) is 42.5 Å². The molecule has 3 heterocycles. The first-order chi connectivity index (χ1) is 21.4. The molecule has 3 atom stereocenters. The van der Waals surface area contributed by atoms with Gasteiger partial charge in [-0.2, -0.15) is 0 Å². The summed E-state index contributed by atoms with van der Waals surface area (Å²) in [5.41, 5.74) is 1.00. The lowest BCUT2D eigenvalue weighted by Gasteiger charge is -2.40. The smallest absolute Gasteiger partial charge is 0.243 e. The van der Waals surface area contributed by atoms with Crippen molar-refractivity contribution in [2.24, 2.45) is 11.3 Å². The molecular weight excluding hydrogens is 560 g/mol. The number of carbonyl (C=O) groups is 3. The van der Waals surface area contributed by atoms with Crippen LogP contribution >= 0.6 is 0 Å². The van der Waals surface area contributed by atoms with Crippen molar-refractivity contribution >= 4 is 23.4 Å². The number of fused-ring (bicyclic) bond motifs is 1. The molecule has 0 aliphatic carbocycles. The molecule has 3 N–H and O–H groups in total. The Bertz CT molecular complexity index is 1300. The van der Waals surface area contributed by atoms with Crippen LogP contribution in [0.4, 0.5) is 5.69 Å². The number of allylic oxidation sites excluding steroid dienone is 2. The minimum absolute atomic E-state index is 0.0688. The number of likely N-dealkylation sites (tertiary alicyclic amines) is 1. The van der Waals surface area contributed by atoms with E-state index in [1.807, 2.05) is 30.3 Å². The second-order valence-corrected chi connectivity index (χ2v) is 12.1. The fourth-order valence-corrected chi connectivity index (χ4v) is 6.48. The Hall–Kier alpha value is -3.89. The number of anilines is 1. The van der Waals surface area contributed by atoms with Crippen LogP contribution in [0.1, 0.15) is 37.7 Å². The van der Waals surface area contributed by atoms with Crippen molar-refractivity contribution in [3.05, 3.63) is 66.2 Å². The number of piperidine rings is 1. The van der Waals surface area contributed by atoms with Crippen LogP contribution in [-0.4, -0.2) is 81.8 Å². The van der Waals surface area contributed by atoms with Crippen molar-refractivity contribution in [2.75, 3.05) is 52.4 Å². The molecule has 2 saturated heterocycles. The summed E-state index contributed by atoms with van der Waals surface area (Å²) in [5, 5.41) is 9.40. The molecule has 3 aliphatic rings. The molecule has 3 amide bonds. The van der Waals surface area contributed by atoms with Crippen molar-refractivity contribution in [2.45, 2.75) is 50.6 Å². The molecule has 0 saturated carbocycles. The van der Waals surface area contributed by atoms with E-state index < -0.39 is 11.5 Å². The van der Waals surface area contributed by atoms with Crippen LogP contribution in [0.2, 0.25) is 0 Å². The lowest BCUT2D eigenvalue weighted by molar-refractivity contribution is -0.140. The Morgan fingerprint density at radius 3 is 2.45 bits per heavy atom. The van der Waals surface area contributed by atoms with Gasteiger partial charge in [0, 0.05) is 62.7 Å².